The third-order valence-electron chi connectivity index (χ3n) is 9.67. The fourth-order valence-electron chi connectivity index (χ4n) is 7.17. The SMILES string of the molecule is CCN(C(=O)c1cc(F)cc(OC=O)c1Oc1nncnc1N1CCC2(C1)CN([C@H](CCCN(CCOC)CCOC)C(C)C)C2)C(C)C. The quantitative estimate of drug-likeness (QED) is 0.186. The van der Waals surface area contributed by atoms with E-state index in [-0.39, 0.29) is 40.9 Å². The van der Waals surface area contributed by atoms with Crippen LogP contribution >= 0.6 is 0 Å². The molecule has 49 heavy (non-hydrogen) atoms. The molecular formula is C35H54FN7O6. The Morgan fingerprint density at radius 1 is 1.08 bits per heavy atom. The first kappa shape index (κ1) is 38.3. The van der Waals surface area contributed by atoms with Gasteiger partial charge in [0.2, 0.25) is 0 Å². The minimum absolute atomic E-state index is 0.0475. The number of carbonyl (C=O) groups excluding carboxylic acids is 2. The van der Waals surface area contributed by atoms with Crippen LogP contribution in [-0.4, -0.2) is 134 Å². The molecule has 3 heterocycles. The molecule has 2 fully saturated rings. The van der Waals surface area contributed by atoms with Crippen LogP contribution in [0.5, 0.6) is 17.4 Å². The number of hydrogen-bond acceptors (Lipinski definition) is 12. The average Bonchev–Trinajstić information content (AvgIpc) is 3.50. The standard InChI is InChI=1S/C35H54FN7O6/c1-8-43(26(4)5)34(45)28-18-27(36)19-30(48-24-44)31(28)49-33-32(37-23-38-39-33)41-13-11-35(20-41)21-42(22-35)29(25(2)3)10-9-12-40(14-16-46-6)15-17-47-7/h18-19,23-26,29H,8-17,20-22H2,1-7H3/t29-/m1/s1. The van der Waals surface area contributed by atoms with Gasteiger partial charge in [-0.2, -0.15) is 0 Å². The molecule has 2 saturated heterocycles. The van der Waals surface area contributed by atoms with Crippen molar-refractivity contribution in [3.05, 3.63) is 29.8 Å². The number of likely N-dealkylation sites (tertiary alicyclic amines) is 1. The van der Waals surface area contributed by atoms with Gasteiger partial charge in [-0.1, -0.05) is 13.8 Å². The van der Waals surface area contributed by atoms with Crippen LogP contribution in [0.15, 0.2) is 18.5 Å². The average molecular weight is 688 g/mol. The van der Waals surface area contributed by atoms with Crippen LogP contribution < -0.4 is 14.4 Å². The molecule has 1 aromatic heterocycles. The highest BCUT2D eigenvalue weighted by molar-refractivity contribution is 5.98. The topological polar surface area (TPSA) is 123 Å². The zero-order valence-corrected chi connectivity index (χ0v) is 30.2. The van der Waals surface area contributed by atoms with Crippen molar-refractivity contribution >= 4 is 18.2 Å². The van der Waals surface area contributed by atoms with Gasteiger partial charge in [-0.25, -0.2) is 9.37 Å². The first-order valence-corrected chi connectivity index (χ1v) is 17.4. The van der Waals surface area contributed by atoms with Crippen molar-refractivity contribution in [2.75, 3.05) is 84.7 Å². The maximum Gasteiger partial charge on any atom is 0.298 e. The Bertz CT molecular complexity index is 1370. The molecule has 0 saturated carbocycles. The highest BCUT2D eigenvalue weighted by Crippen LogP contribution is 2.45. The molecule has 4 rings (SSSR count). The van der Waals surface area contributed by atoms with Crippen LogP contribution in [0.25, 0.3) is 0 Å². The summed E-state index contributed by atoms with van der Waals surface area (Å²) in [6.07, 6.45) is 4.57. The Labute approximate surface area is 290 Å². The van der Waals surface area contributed by atoms with Gasteiger partial charge in [-0.3, -0.25) is 19.4 Å². The van der Waals surface area contributed by atoms with Crippen LogP contribution in [-0.2, 0) is 14.3 Å². The summed E-state index contributed by atoms with van der Waals surface area (Å²) in [6, 6.07) is 2.42. The molecule has 272 valence electrons. The van der Waals surface area contributed by atoms with E-state index in [0.29, 0.717) is 37.5 Å². The van der Waals surface area contributed by atoms with Gasteiger partial charge in [-0.15, -0.1) is 10.2 Å². The number of aromatic nitrogens is 3. The Hall–Kier alpha value is -3.46. The number of ether oxygens (including phenoxy) is 4. The van der Waals surface area contributed by atoms with Crippen molar-refractivity contribution in [1.82, 2.24) is 29.9 Å². The van der Waals surface area contributed by atoms with Crippen molar-refractivity contribution in [3.63, 3.8) is 0 Å². The van der Waals surface area contributed by atoms with Crippen LogP contribution in [0.3, 0.4) is 0 Å². The highest BCUT2D eigenvalue weighted by Gasteiger charge is 2.50. The smallest absolute Gasteiger partial charge is 0.298 e. The molecule has 0 unspecified atom stereocenters. The minimum atomic E-state index is -0.741. The predicted molar refractivity (Wildman–Crippen MR) is 184 cm³/mol. The van der Waals surface area contributed by atoms with Gasteiger partial charge < -0.3 is 28.7 Å². The van der Waals surface area contributed by atoms with Gasteiger partial charge in [0, 0.05) is 83.6 Å². The van der Waals surface area contributed by atoms with Gasteiger partial charge >= 0.3 is 0 Å². The molecule has 2 aliphatic rings. The second-order valence-electron chi connectivity index (χ2n) is 13.7. The monoisotopic (exact) mass is 687 g/mol. The number of carbonyl (C=O) groups is 2. The number of methoxy groups -OCH3 is 2. The maximum absolute atomic E-state index is 14.7. The fraction of sp³-hybridized carbons (Fsp3) is 0.686. The summed E-state index contributed by atoms with van der Waals surface area (Å²) in [5.41, 5.74) is 0.0248. The second kappa shape index (κ2) is 18.0. The van der Waals surface area contributed by atoms with E-state index in [1.807, 2.05) is 20.8 Å². The molecule has 0 bridgehead atoms. The first-order chi connectivity index (χ1) is 23.6. The predicted octanol–water partition coefficient (Wildman–Crippen LogP) is 4.12. The van der Waals surface area contributed by atoms with Gasteiger partial charge in [0.15, 0.2) is 17.3 Å². The van der Waals surface area contributed by atoms with E-state index in [2.05, 4.69) is 43.7 Å². The van der Waals surface area contributed by atoms with E-state index < -0.39 is 11.7 Å². The molecule has 0 aliphatic carbocycles. The Balaban J connectivity index is 1.46. The molecule has 1 atom stereocenters. The van der Waals surface area contributed by atoms with Crippen LogP contribution in [0, 0.1) is 17.2 Å². The lowest BCUT2D eigenvalue weighted by atomic mass is 9.76. The van der Waals surface area contributed by atoms with E-state index in [1.165, 1.54) is 6.33 Å². The molecule has 0 radical (unpaired) electrons. The molecule has 0 N–H and O–H groups in total. The molecule has 1 spiro atoms. The molecular weight excluding hydrogens is 633 g/mol. The van der Waals surface area contributed by atoms with Crippen LogP contribution in [0.2, 0.25) is 0 Å². The summed E-state index contributed by atoms with van der Waals surface area (Å²) in [7, 11) is 3.47. The van der Waals surface area contributed by atoms with Gasteiger partial charge in [0.25, 0.3) is 18.3 Å². The zero-order chi connectivity index (χ0) is 35.6. The summed E-state index contributed by atoms with van der Waals surface area (Å²) in [4.78, 5) is 38.2. The zero-order valence-electron chi connectivity index (χ0n) is 30.2. The largest absolute Gasteiger partial charge is 0.430 e. The van der Waals surface area contributed by atoms with E-state index >= 15 is 0 Å². The summed E-state index contributed by atoms with van der Waals surface area (Å²) in [5, 5.41) is 8.16. The summed E-state index contributed by atoms with van der Waals surface area (Å²) < 4.78 is 36.6. The lowest BCUT2D eigenvalue weighted by Crippen LogP contribution is -2.62. The molecule has 1 aromatic carbocycles. The van der Waals surface area contributed by atoms with Crippen LogP contribution in [0.4, 0.5) is 10.2 Å². The third kappa shape index (κ3) is 9.62. The summed E-state index contributed by atoms with van der Waals surface area (Å²) >= 11 is 0. The number of hydrogen-bond donors (Lipinski definition) is 0. The molecule has 1 amide bonds. The van der Waals surface area contributed by atoms with Gasteiger partial charge in [0.1, 0.15) is 12.1 Å². The minimum Gasteiger partial charge on any atom is -0.430 e. The number of nitrogens with zero attached hydrogens (tertiary/aromatic N) is 7. The van der Waals surface area contributed by atoms with E-state index in [9.17, 15) is 14.0 Å². The van der Waals surface area contributed by atoms with Crippen molar-refractivity contribution in [1.29, 1.82) is 0 Å². The molecule has 2 aromatic rings. The molecule has 14 heteroatoms. The first-order valence-electron chi connectivity index (χ1n) is 17.4. The summed E-state index contributed by atoms with van der Waals surface area (Å²) in [6.45, 7) is 18.5. The maximum atomic E-state index is 14.7. The van der Waals surface area contributed by atoms with E-state index in [1.54, 1.807) is 19.1 Å². The molecule has 13 nitrogen and oxygen atoms in total. The van der Waals surface area contributed by atoms with Crippen molar-refractivity contribution in [2.24, 2.45) is 11.3 Å². The van der Waals surface area contributed by atoms with E-state index in [0.717, 1.165) is 77.2 Å². The van der Waals surface area contributed by atoms with Crippen molar-refractivity contribution in [3.8, 4) is 17.4 Å². The third-order valence-corrected chi connectivity index (χ3v) is 9.67. The van der Waals surface area contributed by atoms with Gasteiger partial charge in [-0.05, 0) is 58.6 Å². The number of anilines is 1. The number of amides is 1. The Morgan fingerprint density at radius 3 is 2.41 bits per heavy atom. The highest BCUT2D eigenvalue weighted by atomic mass is 19.1. The van der Waals surface area contributed by atoms with Gasteiger partial charge in [0.05, 0.1) is 18.8 Å². The Kier molecular flexibility index (Phi) is 14.1. The second-order valence-corrected chi connectivity index (χ2v) is 13.7. The lowest BCUT2D eigenvalue weighted by Gasteiger charge is -2.53. The molecule has 2 aliphatic heterocycles. The van der Waals surface area contributed by atoms with Crippen LogP contribution in [0.1, 0.15) is 64.2 Å². The summed E-state index contributed by atoms with van der Waals surface area (Å²) in [5.74, 6) is -0.513. The lowest BCUT2D eigenvalue weighted by molar-refractivity contribution is -0.120. The normalized spacial score (nSPS) is 16.4. The van der Waals surface area contributed by atoms with E-state index in [4.69, 9.17) is 18.9 Å². The fourth-order valence-corrected chi connectivity index (χ4v) is 7.17. The van der Waals surface area contributed by atoms with Crippen molar-refractivity contribution in [2.45, 2.75) is 66.0 Å². The Morgan fingerprint density at radius 2 is 1.80 bits per heavy atom. The number of rotatable bonds is 20. The number of halogens is 1. The number of benzene rings is 1. The van der Waals surface area contributed by atoms with Crippen molar-refractivity contribution < 1.29 is 32.9 Å².